The Hall–Kier alpha value is -3.78. The Morgan fingerprint density at radius 2 is 1.84 bits per heavy atom. The number of hydrogen-bond acceptors (Lipinski definition) is 5. The minimum absolute atomic E-state index is 0.0796. The van der Waals surface area contributed by atoms with Crippen molar-refractivity contribution in [1.82, 2.24) is 14.5 Å². The number of amides is 1. The largest absolute Gasteiger partial charge is 0.495 e. The summed E-state index contributed by atoms with van der Waals surface area (Å²) >= 11 is 3.52. The third-order valence-electron chi connectivity index (χ3n) is 7.00. The topological polar surface area (TPSA) is 59.8 Å². The van der Waals surface area contributed by atoms with Crippen LogP contribution in [0.15, 0.2) is 89.8 Å². The van der Waals surface area contributed by atoms with Gasteiger partial charge in [0.2, 0.25) is 0 Å². The molecule has 0 aliphatic carbocycles. The number of hydrogen-bond donors (Lipinski definition) is 0. The van der Waals surface area contributed by atoms with Gasteiger partial charge in [0.15, 0.2) is 0 Å². The quantitative estimate of drug-likeness (QED) is 0.253. The molecule has 0 atom stereocenters. The maximum Gasteiger partial charge on any atom is 0.329 e. The molecule has 0 unspecified atom stereocenters. The first kappa shape index (κ1) is 25.9. The first-order chi connectivity index (χ1) is 18.5. The molecule has 1 aliphatic heterocycles. The van der Waals surface area contributed by atoms with Crippen LogP contribution in [0, 0.1) is 0 Å². The summed E-state index contributed by atoms with van der Waals surface area (Å²) in [5.41, 5.74) is 3.88. The number of anilines is 1. The average molecular weight is 576 g/mol. The summed E-state index contributed by atoms with van der Waals surface area (Å²) in [5, 5.41) is 0. The lowest BCUT2D eigenvalue weighted by Gasteiger charge is -2.37. The first-order valence-electron chi connectivity index (χ1n) is 12.7. The van der Waals surface area contributed by atoms with E-state index in [1.807, 2.05) is 78.7 Å². The van der Waals surface area contributed by atoms with E-state index in [0.717, 1.165) is 64.4 Å². The number of halogens is 1. The highest BCUT2D eigenvalue weighted by atomic mass is 79.9. The number of ether oxygens (including phenoxy) is 2. The Kier molecular flexibility index (Phi) is 7.98. The van der Waals surface area contributed by atoms with Crippen LogP contribution in [0.1, 0.15) is 18.4 Å². The molecule has 0 N–H and O–H groups in total. The van der Waals surface area contributed by atoms with Crippen molar-refractivity contribution in [3.63, 3.8) is 0 Å². The van der Waals surface area contributed by atoms with E-state index in [0.29, 0.717) is 6.61 Å². The van der Waals surface area contributed by atoms with Gasteiger partial charge in [0, 0.05) is 49.7 Å². The minimum atomic E-state index is -0.0796. The molecular weight excluding hydrogens is 544 g/mol. The summed E-state index contributed by atoms with van der Waals surface area (Å²) in [6.07, 6.45) is 5.17. The molecule has 0 saturated carbocycles. The normalized spacial score (nSPS) is 13.8. The Morgan fingerprint density at radius 3 is 2.61 bits per heavy atom. The summed E-state index contributed by atoms with van der Waals surface area (Å²) in [5.74, 6) is 1.58. The predicted octanol–water partition coefficient (Wildman–Crippen LogP) is 6.47. The van der Waals surface area contributed by atoms with E-state index in [2.05, 4.69) is 31.9 Å². The van der Waals surface area contributed by atoms with Gasteiger partial charge in [-0.2, -0.15) is 0 Å². The molecule has 5 rings (SSSR count). The second kappa shape index (κ2) is 11.7. The standard InChI is InChI=1S/C30H31BrN4O3/c1-33(24-13-15-34(16-14-24)25-11-12-27(31)29(18-25)37-2)30(36)35-19-28(32-21-35)23-9-6-10-26(17-23)38-20-22-7-4-3-5-8-22/h3-12,17-19,21,24H,13-16,20H2,1-2H3. The maximum absolute atomic E-state index is 13.3. The van der Waals surface area contributed by atoms with Gasteiger partial charge in [-0.15, -0.1) is 0 Å². The van der Waals surface area contributed by atoms with Gasteiger partial charge in [-0.3, -0.25) is 4.57 Å². The molecule has 2 heterocycles. The van der Waals surface area contributed by atoms with Crippen molar-refractivity contribution in [3.8, 4) is 22.8 Å². The van der Waals surface area contributed by atoms with E-state index >= 15 is 0 Å². The lowest BCUT2D eigenvalue weighted by molar-refractivity contribution is 0.181. The van der Waals surface area contributed by atoms with Crippen LogP contribution in [0.25, 0.3) is 11.3 Å². The van der Waals surface area contributed by atoms with Gasteiger partial charge < -0.3 is 19.3 Å². The molecule has 0 radical (unpaired) electrons. The number of methoxy groups -OCH3 is 1. The summed E-state index contributed by atoms with van der Waals surface area (Å²) in [4.78, 5) is 22.0. The molecule has 0 bridgehead atoms. The maximum atomic E-state index is 13.3. The van der Waals surface area contributed by atoms with Crippen molar-refractivity contribution >= 4 is 27.6 Å². The zero-order valence-corrected chi connectivity index (χ0v) is 23.2. The van der Waals surface area contributed by atoms with Crippen LogP contribution in [0.4, 0.5) is 10.5 Å². The van der Waals surface area contributed by atoms with Crippen molar-refractivity contribution in [2.24, 2.45) is 0 Å². The summed E-state index contributed by atoms with van der Waals surface area (Å²) in [6.45, 7) is 2.24. The fourth-order valence-electron chi connectivity index (χ4n) is 4.76. The zero-order valence-electron chi connectivity index (χ0n) is 21.6. The van der Waals surface area contributed by atoms with Gasteiger partial charge >= 0.3 is 6.03 Å². The van der Waals surface area contributed by atoms with Crippen LogP contribution in [0.2, 0.25) is 0 Å². The highest BCUT2D eigenvalue weighted by molar-refractivity contribution is 9.10. The molecular formula is C30H31BrN4O3. The molecule has 8 heteroatoms. The lowest BCUT2D eigenvalue weighted by Crippen LogP contribution is -2.46. The zero-order chi connectivity index (χ0) is 26.5. The van der Waals surface area contributed by atoms with E-state index in [1.54, 1.807) is 24.2 Å². The lowest BCUT2D eigenvalue weighted by atomic mass is 10.0. The van der Waals surface area contributed by atoms with Crippen molar-refractivity contribution < 1.29 is 14.3 Å². The average Bonchev–Trinajstić information content (AvgIpc) is 3.47. The number of imidazole rings is 1. The summed E-state index contributed by atoms with van der Waals surface area (Å²) in [7, 11) is 3.55. The van der Waals surface area contributed by atoms with Crippen LogP contribution in [0.5, 0.6) is 11.5 Å². The van der Waals surface area contributed by atoms with Crippen molar-refractivity contribution in [1.29, 1.82) is 0 Å². The molecule has 38 heavy (non-hydrogen) atoms. The highest BCUT2D eigenvalue weighted by Gasteiger charge is 2.27. The van der Waals surface area contributed by atoms with E-state index in [1.165, 1.54) is 0 Å². The highest BCUT2D eigenvalue weighted by Crippen LogP contribution is 2.31. The Balaban J connectivity index is 1.19. The molecule has 196 valence electrons. The van der Waals surface area contributed by atoms with Crippen LogP contribution in [0.3, 0.4) is 0 Å². The Bertz CT molecular complexity index is 1380. The number of aromatic nitrogens is 2. The van der Waals surface area contributed by atoms with Crippen molar-refractivity contribution in [2.45, 2.75) is 25.5 Å². The Morgan fingerprint density at radius 1 is 1.05 bits per heavy atom. The third kappa shape index (κ3) is 5.86. The SMILES string of the molecule is COc1cc(N2CCC(N(C)C(=O)n3cnc(-c4cccc(OCc5ccccc5)c4)c3)CC2)ccc1Br. The first-order valence-corrected chi connectivity index (χ1v) is 13.5. The fourth-order valence-corrected chi connectivity index (χ4v) is 5.17. The van der Waals surface area contributed by atoms with E-state index < -0.39 is 0 Å². The molecule has 1 saturated heterocycles. The molecule has 0 spiro atoms. The number of benzene rings is 3. The van der Waals surface area contributed by atoms with Gasteiger partial charge in [0.05, 0.1) is 17.3 Å². The van der Waals surface area contributed by atoms with E-state index in [-0.39, 0.29) is 12.1 Å². The third-order valence-corrected chi connectivity index (χ3v) is 7.65. The molecule has 4 aromatic rings. The van der Waals surface area contributed by atoms with Gasteiger partial charge in [-0.05, 0) is 58.6 Å². The number of carbonyl (C=O) groups is 1. The molecule has 1 fully saturated rings. The van der Waals surface area contributed by atoms with Crippen LogP contribution < -0.4 is 14.4 Å². The predicted molar refractivity (Wildman–Crippen MR) is 153 cm³/mol. The van der Waals surface area contributed by atoms with Crippen molar-refractivity contribution in [2.75, 3.05) is 32.1 Å². The second-order valence-corrected chi connectivity index (χ2v) is 10.3. The number of rotatable bonds is 7. The van der Waals surface area contributed by atoms with Gasteiger partial charge in [0.25, 0.3) is 0 Å². The van der Waals surface area contributed by atoms with Gasteiger partial charge in [-0.25, -0.2) is 9.78 Å². The molecule has 1 aliphatic rings. The summed E-state index contributed by atoms with van der Waals surface area (Å²) in [6, 6.07) is 24.1. The minimum Gasteiger partial charge on any atom is -0.495 e. The fraction of sp³-hybridized carbons (Fsp3) is 0.267. The van der Waals surface area contributed by atoms with Crippen molar-refractivity contribution in [3.05, 3.63) is 95.4 Å². The van der Waals surface area contributed by atoms with E-state index in [4.69, 9.17) is 9.47 Å². The van der Waals surface area contributed by atoms with Crippen LogP contribution in [-0.4, -0.2) is 53.8 Å². The second-order valence-electron chi connectivity index (χ2n) is 9.40. The smallest absolute Gasteiger partial charge is 0.329 e. The molecule has 3 aromatic carbocycles. The Labute approximate surface area is 231 Å². The monoisotopic (exact) mass is 574 g/mol. The number of carbonyl (C=O) groups excluding carboxylic acids is 1. The molecule has 1 aromatic heterocycles. The van der Waals surface area contributed by atoms with Gasteiger partial charge in [0.1, 0.15) is 24.4 Å². The van der Waals surface area contributed by atoms with Crippen LogP contribution >= 0.6 is 15.9 Å². The molecule has 1 amide bonds. The van der Waals surface area contributed by atoms with E-state index in [9.17, 15) is 4.79 Å². The number of nitrogens with zero attached hydrogens (tertiary/aromatic N) is 4. The van der Waals surface area contributed by atoms with Gasteiger partial charge in [-0.1, -0.05) is 42.5 Å². The molecule has 7 nitrogen and oxygen atoms in total. The number of piperidine rings is 1. The van der Waals surface area contributed by atoms with Crippen LogP contribution in [-0.2, 0) is 6.61 Å². The summed E-state index contributed by atoms with van der Waals surface area (Å²) < 4.78 is 13.9.